The van der Waals surface area contributed by atoms with Gasteiger partial charge < -0.3 is 68.9 Å². The lowest BCUT2D eigenvalue weighted by Crippen LogP contribution is -2.59. The third kappa shape index (κ3) is 14.4. The molecule has 1 aromatic carbocycles. The van der Waals surface area contributed by atoms with Gasteiger partial charge >= 0.3 is 11.9 Å². The smallest absolute Gasteiger partial charge is 0.337 e. The summed E-state index contributed by atoms with van der Waals surface area (Å²) in [6.45, 7) is 16.0. The number of hydrogen-bond donors (Lipinski definition) is 7. The maximum atomic E-state index is 13.9. The first-order valence-corrected chi connectivity index (χ1v) is 24.8. The molecule has 18 nitrogen and oxygen atoms in total. The highest BCUT2D eigenvalue weighted by molar-refractivity contribution is 6.39. The van der Waals surface area contributed by atoms with Crippen LogP contribution in [0.2, 0.25) is 10.0 Å². The number of benzene rings is 1. The molecule has 0 aliphatic carbocycles. The monoisotopic (exact) mass is 1050 g/mol. The summed E-state index contributed by atoms with van der Waals surface area (Å²) >= 11 is 12.3. The van der Waals surface area contributed by atoms with Crippen LogP contribution < -0.4 is 0 Å². The number of methoxy groups -OCH3 is 1. The van der Waals surface area contributed by atoms with Crippen LogP contribution in [0.15, 0.2) is 58.7 Å². The molecule has 402 valence electrons. The molecule has 15 atom stereocenters. The van der Waals surface area contributed by atoms with Gasteiger partial charge in [0.1, 0.15) is 35.2 Å². The maximum absolute atomic E-state index is 13.9. The maximum Gasteiger partial charge on any atom is 0.337 e. The van der Waals surface area contributed by atoms with Crippen molar-refractivity contribution < 1.29 is 88.1 Å². The van der Waals surface area contributed by atoms with Crippen molar-refractivity contribution in [1.29, 1.82) is 0 Å². The van der Waals surface area contributed by atoms with Crippen molar-refractivity contribution in [2.45, 2.75) is 175 Å². The van der Waals surface area contributed by atoms with Crippen LogP contribution in [0.25, 0.3) is 0 Å². The molecule has 0 saturated carbocycles. The molecule has 0 spiro atoms. The Balaban J connectivity index is 1.61. The van der Waals surface area contributed by atoms with Crippen LogP contribution in [0.5, 0.6) is 11.5 Å². The van der Waals surface area contributed by atoms with Gasteiger partial charge in [0, 0.05) is 25.4 Å². The van der Waals surface area contributed by atoms with Gasteiger partial charge in [-0.05, 0) is 83.6 Å². The molecule has 3 aliphatic rings. The van der Waals surface area contributed by atoms with Crippen molar-refractivity contribution >= 4 is 46.7 Å². The summed E-state index contributed by atoms with van der Waals surface area (Å²) in [5, 5.41) is 76.9. The number of ether oxygens (including phenoxy) is 7. The first kappa shape index (κ1) is 60.5. The van der Waals surface area contributed by atoms with E-state index in [1.54, 1.807) is 66.7 Å². The minimum Gasteiger partial charge on any atom is -0.505 e. The number of carbonyl (C=O) groups is 4. The largest absolute Gasteiger partial charge is 0.505 e. The van der Waals surface area contributed by atoms with Crippen LogP contribution in [0.3, 0.4) is 0 Å². The number of aliphatic hydroxyl groups excluding tert-OH is 5. The fourth-order valence-corrected chi connectivity index (χ4v) is 9.39. The number of Topliss-reactive ketones (excluding diaryl/α,β-unsaturated/α-hetero) is 2. The zero-order valence-electron chi connectivity index (χ0n) is 42.6. The molecule has 0 aromatic heterocycles. The Morgan fingerprint density at radius 1 is 0.875 bits per heavy atom. The number of esters is 2. The number of allylic oxidation sites excluding steroid dienone is 4. The SMILES string of the molecule is CCc1c(Cl)c(O)c(Cl)c(O)c1C(=O)C(O)C1C(C)OC(OCC2=CC=CCC(O)C(C)=CC(CC)C(OC3OC(C)C(OC(=O)C(C)C)C(O)C3O)C(C)=CC(C)=CCC(C(C)=O)OC2=O)C(OC)C1O. The average Bonchev–Trinajstić information content (AvgIpc) is 3.32. The van der Waals surface area contributed by atoms with Gasteiger partial charge in [-0.1, -0.05) is 86.9 Å². The summed E-state index contributed by atoms with van der Waals surface area (Å²) in [5.74, 6) is -6.72. The zero-order chi connectivity index (χ0) is 54.0. The lowest BCUT2D eigenvalue weighted by atomic mass is 9.81. The van der Waals surface area contributed by atoms with Crippen molar-refractivity contribution in [1.82, 2.24) is 0 Å². The van der Waals surface area contributed by atoms with Gasteiger partial charge in [-0.2, -0.15) is 0 Å². The Morgan fingerprint density at radius 2 is 1.53 bits per heavy atom. The summed E-state index contributed by atoms with van der Waals surface area (Å²) in [7, 11) is 1.23. The summed E-state index contributed by atoms with van der Waals surface area (Å²) in [4.78, 5) is 53.1. The molecule has 7 N–H and O–H groups in total. The van der Waals surface area contributed by atoms with E-state index < -0.39 is 150 Å². The lowest BCUT2D eigenvalue weighted by Gasteiger charge is -2.44. The van der Waals surface area contributed by atoms with E-state index in [0.29, 0.717) is 23.1 Å². The molecular formula is C52H72Cl2O18. The molecule has 72 heavy (non-hydrogen) atoms. The average molecular weight is 1060 g/mol. The van der Waals surface area contributed by atoms with E-state index in [1.807, 2.05) is 13.0 Å². The Bertz CT molecular complexity index is 2250. The highest BCUT2D eigenvalue weighted by Crippen LogP contribution is 2.46. The van der Waals surface area contributed by atoms with E-state index >= 15 is 0 Å². The minimum atomic E-state index is -2.01. The number of halogens is 2. The molecule has 20 heteroatoms. The second kappa shape index (κ2) is 27.0. The molecule has 15 unspecified atom stereocenters. The first-order chi connectivity index (χ1) is 33.8. The Hall–Kier alpha value is -4.02. The Kier molecular flexibility index (Phi) is 22.7. The predicted molar refractivity (Wildman–Crippen MR) is 264 cm³/mol. The van der Waals surface area contributed by atoms with Crippen LogP contribution in [-0.4, -0.2) is 153 Å². The van der Waals surface area contributed by atoms with Crippen molar-refractivity contribution in [3.8, 4) is 11.5 Å². The number of phenols is 2. The van der Waals surface area contributed by atoms with Crippen LogP contribution in [-0.2, 0) is 54.0 Å². The molecule has 3 heterocycles. The Labute approximate surface area is 430 Å². The molecule has 2 saturated heterocycles. The molecule has 1 aromatic rings. The first-order valence-electron chi connectivity index (χ1n) is 24.1. The van der Waals surface area contributed by atoms with Gasteiger partial charge in [0.05, 0.1) is 59.2 Å². The number of cyclic esters (lactones) is 1. The van der Waals surface area contributed by atoms with Crippen molar-refractivity contribution in [3.05, 3.63) is 79.9 Å². The van der Waals surface area contributed by atoms with Gasteiger partial charge in [0.15, 0.2) is 42.1 Å². The second-order valence-corrected chi connectivity index (χ2v) is 19.6. The van der Waals surface area contributed by atoms with Crippen LogP contribution in [0.1, 0.15) is 104 Å². The topological polar surface area (TPSA) is 274 Å². The normalized spacial score (nSPS) is 31.8. The third-order valence-corrected chi connectivity index (χ3v) is 14.0. The molecule has 3 aliphatic heterocycles. The van der Waals surface area contributed by atoms with Gasteiger partial charge in [-0.3, -0.25) is 14.4 Å². The van der Waals surface area contributed by atoms with Crippen molar-refractivity contribution in [2.75, 3.05) is 13.7 Å². The van der Waals surface area contributed by atoms with Crippen LogP contribution in [0.4, 0.5) is 0 Å². The predicted octanol–water partition coefficient (Wildman–Crippen LogP) is 5.69. The number of ketones is 2. The van der Waals surface area contributed by atoms with E-state index in [2.05, 4.69) is 0 Å². The van der Waals surface area contributed by atoms with Gasteiger partial charge in [-0.15, -0.1) is 0 Å². The number of rotatable bonds is 14. The van der Waals surface area contributed by atoms with Gasteiger partial charge in [-0.25, -0.2) is 4.79 Å². The lowest BCUT2D eigenvalue weighted by molar-refractivity contribution is -0.305. The van der Waals surface area contributed by atoms with E-state index in [9.17, 15) is 54.9 Å². The number of carbonyl (C=O) groups excluding carboxylic acids is 4. The van der Waals surface area contributed by atoms with Crippen LogP contribution >= 0.6 is 23.2 Å². The molecule has 4 rings (SSSR count). The number of phenolic OH excluding ortho intramolecular Hbond substituents is 2. The molecule has 0 amide bonds. The van der Waals surface area contributed by atoms with E-state index in [4.69, 9.17) is 56.4 Å². The van der Waals surface area contributed by atoms with Crippen LogP contribution in [0, 0.1) is 17.8 Å². The molecule has 2 fully saturated rings. The number of aliphatic hydroxyl groups is 5. The van der Waals surface area contributed by atoms with Gasteiger partial charge in [0.25, 0.3) is 0 Å². The standard InChI is InChI=1S/C52H72Cl2O18/c1-12-30-21-25(6)33(56)17-15-14-16-31(22-67-52-48(66-11)42(60)35(28(9)68-52)40(58)41(59)36-32(13-2)37(53)43(61)38(54)39(36)57)50(65)70-34(27(8)55)19-18-24(5)20-26(7)46(30)72-51-45(63)44(62)47(29(10)69-51)71-49(64)23(3)4/h14-16,18,20-21,23,28-30,33-35,40,42,44-48,51-52,56-58,60-63H,12-13,17,19,22H2,1-11H3. The second-order valence-electron chi connectivity index (χ2n) is 18.9. The molecular weight excluding hydrogens is 983 g/mol. The molecule has 0 radical (unpaired) electrons. The summed E-state index contributed by atoms with van der Waals surface area (Å²) in [5.41, 5.74) is 1.36. The quantitative estimate of drug-likeness (QED) is 0.0670. The van der Waals surface area contributed by atoms with E-state index in [-0.39, 0.29) is 35.4 Å². The van der Waals surface area contributed by atoms with Crippen molar-refractivity contribution in [3.63, 3.8) is 0 Å². The van der Waals surface area contributed by atoms with E-state index in [1.165, 1.54) is 33.1 Å². The Morgan fingerprint density at radius 3 is 2.12 bits per heavy atom. The van der Waals surface area contributed by atoms with Gasteiger partial charge in [0.2, 0.25) is 0 Å². The fraction of sp³-hybridized carbons (Fsp3) is 0.615. The highest BCUT2D eigenvalue weighted by atomic mass is 35.5. The third-order valence-electron chi connectivity index (χ3n) is 13.2. The summed E-state index contributed by atoms with van der Waals surface area (Å²) in [6.07, 6.45) is -6.60. The van der Waals surface area contributed by atoms with Crippen molar-refractivity contribution in [2.24, 2.45) is 17.8 Å². The fourth-order valence-electron chi connectivity index (χ4n) is 8.83. The summed E-state index contributed by atoms with van der Waals surface area (Å²) < 4.78 is 41.4. The number of aromatic hydroxyl groups is 2. The highest BCUT2D eigenvalue weighted by Gasteiger charge is 2.50. The summed E-state index contributed by atoms with van der Waals surface area (Å²) in [6, 6.07) is 0. The minimum absolute atomic E-state index is 0.0165. The number of hydrogen-bond acceptors (Lipinski definition) is 18. The zero-order valence-corrected chi connectivity index (χ0v) is 44.1. The molecule has 0 bridgehead atoms. The van der Waals surface area contributed by atoms with E-state index in [0.717, 1.165) is 0 Å².